The molecule has 3 heteroatoms. The molecule has 12 heavy (non-hydrogen) atoms. The second-order valence-electron chi connectivity index (χ2n) is 2.75. The molecule has 1 nitrogen and oxygen atoms in total. The lowest BCUT2D eigenvalue weighted by Crippen LogP contribution is -3.06. The van der Waals surface area contributed by atoms with E-state index in [1.54, 1.807) is 0 Å². The van der Waals surface area contributed by atoms with Gasteiger partial charge in [-0.25, -0.2) is 0 Å². The van der Waals surface area contributed by atoms with Gasteiger partial charge in [0.25, 0.3) is 0 Å². The van der Waals surface area contributed by atoms with Gasteiger partial charge >= 0.3 is 0 Å². The van der Waals surface area contributed by atoms with Crippen LogP contribution in [0.1, 0.15) is 5.56 Å². The van der Waals surface area contributed by atoms with Gasteiger partial charge in [0.15, 0.2) is 6.00 Å². The monoisotopic (exact) mass is 205 g/mol. The second kappa shape index (κ2) is 6.30. The Labute approximate surface area is 84.7 Å². The molecule has 0 aliphatic carbocycles. The van der Waals surface area contributed by atoms with Crippen LogP contribution in [0.2, 0.25) is 0 Å². The summed E-state index contributed by atoms with van der Waals surface area (Å²) in [7, 11) is 2.08. The first-order chi connectivity index (χ1) is 5.33. The third kappa shape index (κ3) is 3.96. The van der Waals surface area contributed by atoms with E-state index < -0.39 is 0 Å². The van der Waals surface area contributed by atoms with Crippen molar-refractivity contribution in [3.05, 3.63) is 35.9 Å². The summed E-state index contributed by atoms with van der Waals surface area (Å²) in [6.45, 7) is 1.00. The number of hydrogen-bond donors (Lipinski definition) is 1. The quantitative estimate of drug-likeness (QED) is 0.427. The zero-order chi connectivity index (χ0) is 8.10. The highest BCUT2D eigenvalue weighted by molar-refractivity contribution is 6.16. The van der Waals surface area contributed by atoms with E-state index in [4.69, 9.17) is 11.6 Å². The van der Waals surface area contributed by atoms with Crippen LogP contribution < -0.4 is 17.3 Å². The standard InChI is InChI=1S/C9H12ClN.ClH/c1-11(8-10)7-9-5-3-2-4-6-9;/h2-6H,7-8H2,1H3;1H. The summed E-state index contributed by atoms with van der Waals surface area (Å²) in [4.78, 5) is 1.32. The third-order valence-electron chi connectivity index (χ3n) is 1.58. The van der Waals surface area contributed by atoms with Crippen molar-refractivity contribution in [3.63, 3.8) is 0 Å². The molecule has 1 atom stereocenters. The maximum absolute atomic E-state index is 5.66. The maximum Gasteiger partial charge on any atom is 0.153 e. The SMILES string of the molecule is C[NH+](CCl)Cc1ccccc1.[Cl-]. The molecule has 0 spiro atoms. The molecule has 0 aliphatic rings. The van der Waals surface area contributed by atoms with Crippen LogP contribution in [0.4, 0.5) is 0 Å². The Kier molecular flexibility index (Phi) is 6.17. The van der Waals surface area contributed by atoms with Crippen LogP contribution in [0.3, 0.4) is 0 Å². The highest BCUT2D eigenvalue weighted by atomic mass is 35.5. The lowest BCUT2D eigenvalue weighted by atomic mass is 10.2. The molecular weight excluding hydrogens is 193 g/mol. The normalized spacial score (nSPS) is 11.8. The molecule has 1 N–H and O–H groups in total. The van der Waals surface area contributed by atoms with Crippen LogP contribution in [-0.4, -0.2) is 13.1 Å². The molecule has 68 valence electrons. The zero-order valence-electron chi connectivity index (χ0n) is 7.06. The van der Waals surface area contributed by atoms with Crippen LogP contribution in [0.15, 0.2) is 30.3 Å². The lowest BCUT2D eigenvalue weighted by molar-refractivity contribution is -0.882. The maximum atomic E-state index is 5.66. The summed E-state index contributed by atoms with van der Waals surface area (Å²) in [6, 6.07) is 11.0. The summed E-state index contributed by atoms with van der Waals surface area (Å²) in [5.41, 5.74) is 1.34. The van der Waals surface area contributed by atoms with Crippen molar-refractivity contribution in [1.29, 1.82) is 0 Å². The minimum atomic E-state index is 0. The fourth-order valence-corrected chi connectivity index (χ4v) is 1.09. The number of rotatable bonds is 3. The van der Waals surface area contributed by atoms with Gasteiger partial charge in [-0.3, -0.25) is 0 Å². The van der Waals surface area contributed by atoms with Crippen molar-refractivity contribution < 1.29 is 17.3 Å². The molecule has 0 fully saturated rings. The predicted octanol–water partition coefficient (Wildman–Crippen LogP) is -2.10. The topological polar surface area (TPSA) is 4.44 Å². The molecule has 0 heterocycles. The summed E-state index contributed by atoms with van der Waals surface area (Å²) in [5, 5.41) is 0. The number of alkyl halides is 1. The summed E-state index contributed by atoms with van der Waals surface area (Å²) in [5.74, 6) is 0. The van der Waals surface area contributed by atoms with Crippen molar-refractivity contribution in [1.82, 2.24) is 0 Å². The molecule has 1 rings (SSSR count). The fraction of sp³-hybridized carbons (Fsp3) is 0.333. The molecule has 1 unspecified atom stereocenters. The number of hydrogen-bond acceptors (Lipinski definition) is 0. The van der Waals surface area contributed by atoms with E-state index >= 15 is 0 Å². The summed E-state index contributed by atoms with van der Waals surface area (Å²) < 4.78 is 0. The Morgan fingerprint density at radius 1 is 1.25 bits per heavy atom. The van der Waals surface area contributed by atoms with E-state index in [0.717, 1.165) is 6.54 Å². The molecule has 0 amide bonds. The number of benzene rings is 1. The lowest BCUT2D eigenvalue weighted by Gasteiger charge is -2.08. The van der Waals surface area contributed by atoms with Gasteiger partial charge in [0.05, 0.1) is 7.05 Å². The van der Waals surface area contributed by atoms with E-state index in [9.17, 15) is 0 Å². The average molecular weight is 206 g/mol. The van der Waals surface area contributed by atoms with Crippen molar-refractivity contribution in [2.45, 2.75) is 6.54 Å². The minimum Gasteiger partial charge on any atom is -1.00 e. The molecule has 0 bridgehead atoms. The Hall–Kier alpha value is -0.240. The van der Waals surface area contributed by atoms with Crippen LogP contribution in [0.25, 0.3) is 0 Å². The summed E-state index contributed by atoms with van der Waals surface area (Å²) >= 11 is 5.66. The second-order valence-corrected chi connectivity index (χ2v) is 3.02. The largest absolute Gasteiger partial charge is 1.00 e. The average Bonchev–Trinajstić information content (AvgIpc) is 2.06. The van der Waals surface area contributed by atoms with Crippen LogP contribution >= 0.6 is 11.6 Å². The molecule has 0 radical (unpaired) electrons. The molecule has 0 saturated carbocycles. The van der Waals surface area contributed by atoms with E-state index in [0.29, 0.717) is 6.00 Å². The Bertz CT molecular complexity index is 201. The van der Waals surface area contributed by atoms with Crippen molar-refractivity contribution in [2.24, 2.45) is 0 Å². The molecular formula is C9H13Cl2N. The number of quaternary nitrogens is 1. The van der Waals surface area contributed by atoms with E-state index in [1.807, 2.05) is 6.07 Å². The van der Waals surface area contributed by atoms with Crippen LogP contribution in [0, 0.1) is 0 Å². The molecule has 1 aromatic rings. The number of halogens is 2. The highest BCUT2D eigenvalue weighted by Crippen LogP contribution is 1.94. The predicted molar refractivity (Wildman–Crippen MR) is 47.8 cm³/mol. The molecule has 0 saturated heterocycles. The third-order valence-corrected chi connectivity index (χ3v) is 2.03. The zero-order valence-corrected chi connectivity index (χ0v) is 8.57. The number of nitrogens with one attached hydrogen (secondary N) is 1. The van der Waals surface area contributed by atoms with E-state index in [2.05, 4.69) is 31.3 Å². The molecule has 0 aliphatic heterocycles. The van der Waals surface area contributed by atoms with Crippen LogP contribution in [0.5, 0.6) is 0 Å². The van der Waals surface area contributed by atoms with Gasteiger partial charge in [-0.1, -0.05) is 41.9 Å². The van der Waals surface area contributed by atoms with Gasteiger partial charge in [0, 0.05) is 5.56 Å². The van der Waals surface area contributed by atoms with Crippen LogP contribution in [-0.2, 0) is 6.54 Å². The van der Waals surface area contributed by atoms with Gasteiger partial charge in [0.2, 0.25) is 0 Å². The van der Waals surface area contributed by atoms with E-state index in [1.165, 1.54) is 10.5 Å². The molecule has 1 aromatic carbocycles. The van der Waals surface area contributed by atoms with Gasteiger partial charge in [-0.05, 0) is 0 Å². The fourth-order valence-electron chi connectivity index (χ4n) is 0.992. The van der Waals surface area contributed by atoms with E-state index in [-0.39, 0.29) is 12.4 Å². The summed E-state index contributed by atoms with van der Waals surface area (Å²) in [6.07, 6.45) is 0. The van der Waals surface area contributed by atoms with Crippen molar-refractivity contribution in [2.75, 3.05) is 13.1 Å². The van der Waals surface area contributed by atoms with Crippen molar-refractivity contribution in [3.8, 4) is 0 Å². The smallest absolute Gasteiger partial charge is 0.153 e. The first kappa shape index (κ1) is 11.8. The van der Waals surface area contributed by atoms with Crippen molar-refractivity contribution >= 4 is 11.6 Å². The van der Waals surface area contributed by atoms with Gasteiger partial charge in [-0.2, -0.15) is 0 Å². The van der Waals surface area contributed by atoms with Gasteiger partial charge < -0.3 is 17.3 Å². The first-order valence-corrected chi connectivity index (χ1v) is 4.27. The Balaban J connectivity index is 0.00000121. The highest BCUT2D eigenvalue weighted by Gasteiger charge is 1.98. The first-order valence-electron chi connectivity index (χ1n) is 3.74. The Morgan fingerprint density at radius 3 is 2.33 bits per heavy atom. The van der Waals surface area contributed by atoms with Gasteiger partial charge in [-0.15, -0.1) is 0 Å². The van der Waals surface area contributed by atoms with Gasteiger partial charge in [0.1, 0.15) is 6.54 Å². The molecule has 0 aromatic heterocycles. The Morgan fingerprint density at radius 2 is 1.83 bits per heavy atom. The minimum absolute atomic E-state index is 0.